The first kappa shape index (κ1) is 24.7. The first-order valence-corrected chi connectivity index (χ1v) is 11.4. The second kappa shape index (κ2) is 9.90. The Bertz CT molecular complexity index is 1270. The Balaban J connectivity index is 1.62. The van der Waals surface area contributed by atoms with Crippen LogP contribution in [0.4, 0.5) is 24.5 Å². The molecule has 33 heavy (non-hydrogen) atoms. The van der Waals surface area contributed by atoms with E-state index < -0.39 is 27.7 Å². The van der Waals surface area contributed by atoms with Gasteiger partial charge in [0.2, 0.25) is 0 Å². The van der Waals surface area contributed by atoms with Crippen LogP contribution in [-0.4, -0.2) is 20.9 Å². The average Bonchev–Trinajstić information content (AvgIpc) is 2.73. The fourth-order valence-electron chi connectivity index (χ4n) is 2.62. The van der Waals surface area contributed by atoms with E-state index >= 15 is 0 Å². The lowest BCUT2D eigenvalue weighted by atomic mass is 10.2. The second-order valence-electron chi connectivity index (χ2n) is 6.62. The zero-order valence-electron chi connectivity index (χ0n) is 16.5. The van der Waals surface area contributed by atoms with Gasteiger partial charge in [-0.15, -0.1) is 0 Å². The predicted octanol–water partition coefficient (Wildman–Crippen LogP) is 5.83. The van der Waals surface area contributed by atoms with E-state index in [4.69, 9.17) is 27.9 Å². The molecule has 0 bridgehead atoms. The number of sulfonamides is 1. The largest absolute Gasteiger partial charge is 0.482 e. The van der Waals surface area contributed by atoms with Crippen molar-refractivity contribution in [2.75, 3.05) is 16.6 Å². The third-order valence-corrected chi connectivity index (χ3v) is 6.07. The van der Waals surface area contributed by atoms with Crippen LogP contribution in [0.25, 0.3) is 0 Å². The summed E-state index contributed by atoms with van der Waals surface area (Å²) in [6.07, 6.45) is -4.61. The molecule has 0 heterocycles. The number of hydrogen-bond donors (Lipinski definition) is 2. The zero-order chi connectivity index (χ0) is 24.2. The SMILES string of the molecule is O=C(COc1ccc(Cl)cc1Cl)Nc1ccc(S(=O)(=O)Nc2cccc(C(F)(F)F)c2)cc1. The van der Waals surface area contributed by atoms with Gasteiger partial charge in [-0.2, -0.15) is 13.2 Å². The fourth-order valence-corrected chi connectivity index (χ4v) is 4.14. The van der Waals surface area contributed by atoms with Crippen LogP contribution in [0.3, 0.4) is 0 Å². The summed E-state index contributed by atoms with van der Waals surface area (Å²) < 4.78 is 70.9. The molecule has 3 aromatic rings. The molecule has 2 N–H and O–H groups in total. The third-order valence-electron chi connectivity index (χ3n) is 4.14. The van der Waals surface area contributed by atoms with Crippen LogP contribution < -0.4 is 14.8 Å². The van der Waals surface area contributed by atoms with Gasteiger partial charge in [-0.3, -0.25) is 9.52 Å². The topological polar surface area (TPSA) is 84.5 Å². The molecule has 0 fully saturated rings. The molecule has 6 nitrogen and oxygen atoms in total. The highest BCUT2D eigenvalue weighted by Gasteiger charge is 2.30. The normalized spacial score (nSPS) is 11.7. The lowest BCUT2D eigenvalue weighted by Crippen LogP contribution is -2.20. The molecule has 0 radical (unpaired) electrons. The first-order valence-electron chi connectivity index (χ1n) is 9.12. The van der Waals surface area contributed by atoms with Gasteiger partial charge in [0.15, 0.2) is 6.61 Å². The van der Waals surface area contributed by atoms with Gasteiger partial charge in [-0.1, -0.05) is 29.3 Å². The summed E-state index contributed by atoms with van der Waals surface area (Å²) in [6.45, 7) is -0.363. The molecule has 0 aromatic heterocycles. The van der Waals surface area contributed by atoms with E-state index in [0.717, 1.165) is 12.1 Å². The lowest BCUT2D eigenvalue weighted by molar-refractivity contribution is -0.137. The number of alkyl halides is 3. The van der Waals surface area contributed by atoms with Gasteiger partial charge in [0.05, 0.1) is 15.5 Å². The van der Waals surface area contributed by atoms with Crippen molar-refractivity contribution in [2.45, 2.75) is 11.1 Å². The van der Waals surface area contributed by atoms with Gasteiger partial charge >= 0.3 is 6.18 Å². The molecule has 0 aliphatic rings. The fraction of sp³-hybridized carbons (Fsp3) is 0.0952. The Hall–Kier alpha value is -2.95. The van der Waals surface area contributed by atoms with Crippen LogP contribution in [0.1, 0.15) is 5.56 Å². The van der Waals surface area contributed by atoms with Crippen molar-refractivity contribution in [3.8, 4) is 5.75 Å². The number of carbonyl (C=O) groups is 1. The molecule has 3 rings (SSSR count). The van der Waals surface area contributed by atoms with E-state index in [2.05, 4.69) is 10.0 Å². The highest BCUT2D eigenvalue weighted by Crippen LogP contribution is 2.31. The molecule has 12 heteroatoms. The third kappa shape index (κ3) is 6.77. The van der Waals surface area contributed by atoms with E-state index in [1.807, 2.05) is 0 Å². The number of benzene rings is 3. The Morgan fingerprint density at radius 1 is 0.939 bits per heavy atom. The van der Waals surface area contributed by atoms with E-state index in [1.165, 1.54) is 42.5 Å². The predicted molar refractivity (Wildman–Crippen MR) is 119 cm³/mol. The minimum Gasteiger partial charge on any atom is -0.482 e. The number of ether oxygens (including phenoxy) is 1. The number of nitrogens with one attached hydrogen (secondary N) is 2. The molecule has 0 saturated heterocycles. The minimum atomic E-state index is -4.61. The Morgan fingerprint density at radius 2 is 1.64 bits per heavy atom. The van der Waals surface area contributed by atoms with Gasteiger partial charge in [-0.25, -0.2) is 8.42 Å². The van der Waals surface area contributed by atoms with Crippen LogP contribution in [0, 0.1) is 0 Å². The summed E-state index contributed by atoms with van der Waals surface area (Å²) in [4.78, 5) is 11.9. The summed E-state index contributed by atoms with van der Waals surface area (Å²) in [7, 11) is -4.16. The lowest BCUT2D eigenvalue weighted by Gasteiger charge is -2.12. The maximum Gasteiger partial charge on any atom is 0.416 e. The zero-order valence-corrected chi connectivity index (χ0v) is 18.8. The average molecular weight is 519 g/mol. The maximum atomic E-state index is 12.8. The summed E-state index contributed by atoms with van der Waals surface area (Å²) in [5.41, 5.74) is -0.938. The summed E-state index contributed by atoms with van der Waals surface area (Å²) in [6, 6.07) is 13.4. The Morgan fingerprint density at radius 3 is 2.27 bits per heavy atom. The molecule has 174 valence electrons. The van der Waals surface area contributed by atoms with Crippen LogP contribution in [0.2, 0.25) is 10.0 Å². The molecule has 0 unspecified atom stereocenters. The smallest absolute Gasteiger partial charge is 0.416 e. The molecule has 0 saturated carbocycles. The van der Waals surface area contributed by atoms with Gasteiger partial charge in [-0.05, 0) is 60.7 Å². The number of rotatable bonds is 7. The van der Waals surface area contributed by atoms with E-state index in [1.54, 1.807) is 6.07 Å². The van der Waals surface area contributed by atoms with Crippen LogP contribution in [-0.2, 0) is 21.0 Å². The molecule has 1 amide bonds. The first-order chi connectivity index (χ1) is 15.4. The molecule has 0 aliphatic carbocycles. The van der Waals surface area contributed by atoms with Crippen molar-refractivity contribution in [2.24, 2.45) is 0 Å². The van der Waals surface area contributed by atoms with Gasteiger partial charge in [0, 0.05) is 16.4 Å². The number of anilines is 2. The van der Waals surface area contributed by atoms with Crippen molar-refractivity contribution < 1.29 is 31.1 Å². The summed E-state index contributed by atoms with van der Waals surface area (Å²) in [5.74, 6) is -0.267. The highest BCUT2D eigenvalue weighted by molar-refractivity contribution is 7.92. The monoisotopic (exact) mass is 518 g/mol. The van der Waals surface area contributed by atoms with Crippen molar-refractivity contribution >= 4 is 50.5 Å². The molecule has 0 atom stereocenters. The Labute approximate surface area is 197 Å². The van der Waals surface area contributed by atoms with Gasteiger partial charge < -0.3 is 10.1 Å². The molecular formula is C21H15Cl2F3N2O4S. The van der Waals surface area contributed by atoms with Crippen molar-refractivity contribution in [1.29, 1.82) is 0 Å². The van der Waals surface area contributed by atoms with Crippen LogP contribution in [0.15, 0.2) is 71.6 Å². The van der Waals surface area contributed by atoms with Gasteiger partial charge in [0.1, 0.15) is 5.75 Å². The van der Waals surface area contributed by atoms with Crippen LogP contribution in [0.5, 0.6) is 5.75 Å². The van der Waals surface area contributed by atoms with E-state index in [0.29, 0.717) is 11.1 Å². The highest BCUT2D eigenvalue weighted by atomic mass is 35.5. The quantitative estimate of drug-likeness (QED) is 0.412. The standard InChI is InChI=1S/C21H15Cl2F3N2O4S/c22-14-4-9-19(18(23)11-14)32-12-20(29)27-15-5-7-17(8-6-15)33(30,31)28-16-3-1-2-13(10-16)21(24,25)26/h1-11,28H,12H2,(H,27,29). The summed E-state index contributed by atoms with van der Waals surface area (Å²) in [5, 5.41) is 3.17. The Kier molecular flexibility index (Phi) is 7.41. The van der Waals surface area contributed by atoms with Crippen molar-refractivity contribution in [3.05, 3.63) is 82.3 Å². The second-order valence-corrected chi connectivity index (χ2v) is 9.15. The number of carbonyl (C=O) groups excluding carboxylic acids is 1. The molecular weight excluding hydrogens is 504 g/mol. The molecule has 3 aromatic carbocycles. The summed E-state index contributed by atoms with van der Waals surface area (Å²) >= 11 is 11.8. The molecule has 0 spiro atoms. The van der Waals surface area contributed by atoms with E-state index in [-0.39, 0.29) is 33.6 Å². The number of halogens is 5. The molecule has 0 aliphatic heterocycles. The van der Waals surface area contributed by atoms with Crippen molar-refractivity contribution in [3.63, 3.8) is 0 Å². The number of amides is 1. The van der Waals surface area contributed by atoms with Gasteiger partial charge in [0.25, 0.3) is 15.9 Å². The minimum absolute atomic E-state index is 0.206. The van der Waals surface area contributed by atoms with Crippen LogP contribution >= 0.6 is 23.2 Å². The number of hydrogen-bond acceptors (Lipinski definition) is 4. The van der Waals surface area contributed by atoms with E-state index in [9.17, 15) is 26.4 Å². The van der Waals surface area contributed by atoms with Crippen molar-refractivity contribution in [1.82, 2.24) is 0 Å². The maximum absolute atomic E-state index is 12.8.